The molecule has 3 rings (SSSR count). The molecule has 0 saturated carbocycles. The number of methoxy groups -OCH3 is 1. The summed E-state index contributed by atoms with van der Waals surface area (Å²) in [5.74, 6) is -5.19. The van der Waals surface area contributed by atoms with Gasteiger partial charge in [0.2, 0.25) is 0 Å². The molecule has 0 aromatic heterocycles. The normalized spacial score (nSPS) is 13.5. The van der Waals surface area contributed by atoms with Crippen molar-refractivity contribution in [3.05, 3.63) is 64.1 Å². The summed E-state index contributed by atoms with van der Waals surface area (Å²) >= 11 is 0. The van der Waals surface area contributed by atoms with Gasteiger partial charge < -0.3 is 9.94 Å². The summed E-state index contributed by atoms with van der Waals surface area (Å²) in [6, 6.07) is 5.60. The molecule has 4 nitrogen and oxygen atoms in total. The standard InChI is InChI=1S/C15H8F3NO3/c1-22-11-4-2-3-8-14(11)19(21)13(15(8)20)7-5-9(16)12(18)10(17)6-7/h2-6H,1H3. The van der Waals surface area contributed by atoms with Crippen molar-refractivity contribution in [1.29, 1.82) is 0 Å². The number of carbonyl (C=O) groups excluding carboxylic acids is 1. The molecule has 2 aromatic carbocycles. The number of carbonyl (C=O) groups is 1. The number of benzene rings is 2. The van der Waals surface area contributed by atoms with Gasteiger partial charge in [-0.15, -0.1) is 0 Å². The summed E-state index contributed by atoms with van der Waals surface area (Å²) in [5, 5.41) is 12.3. The van der Waals surface area contributed by atoms with Crippen molar-refractivity contribution < 1.29 is 27.4 Å². The third kappa shape index (κ3) is 1.86. The van der Waals surface area contributed by atoms with Gasteiger partial charge in [-0.1, -0.05) is 6.07 Å². The van der Waals surface area contributed by atoms with Crippen molar-refractivity contribution in [3.8, 4) is 5.75 Å². The van der Waals surface area contributed by atoms with Gasteiger partial charge in [-0.2, -0.15) is 4.74 Å². The van der Waals surface area contributed by atoms with Gasteiger partial charge in [-0.05, 0) is 24.3 Å². The molecule has 1 aliphatic heterocycles. The summed E-state index contributed by atoms with van der Waals surface area (Å²) in [5.41, 5.74) is -0.823. The minimum atomic E-state index is -1.66. The highest BCUT2D eigenvalue weighted by Crippen LogP contribution is 2.36. The molecule has 0 unspecified atom stereocenters. The third-order valence-electron chi connectivity index (χ3n) is 3.34. The van der Waals surface area contributed by atoms with E-state index in [-0.39, 0.29) is 27.3 Å². The van der Waals surface area contributed by atoms with E-state index in [1.807, 2.05) is 0 Å². The highest BCUT2D eigenvalue weighted by Gasteiger charge is 2.39. The maximum absolute atomic E-state index is 13.3. The molecule has 0 amide bonds. The minimum Gasteiger partial charge on any atom is -0.618 e. The van der Waals surface area contributed by atoms with Crippen LogP contribution in [0.5, 0.6) is 5.75 Å². The third-order valence-corrected chi connectivity index (χ3v) is 3.34. The highest BCUT2D eigenvalue weighted by atomic mass is 19.2. The summed E-state index contributed by atoms with van der Waals surface area (Å²) in [6.07, 6.45) is 0. The second-order valence-electron chi connectivity index (χ2n) is 4.58. The van der Waals surface area contributed by atoms with Crippen LogP contribution in [-0.4, -0.2) is 23.3 Å². The molecule has 7 heteroatoms. The molecule has 0 saturated heterocycles. The zero-order valence-electron chi connectivity index (χ0n) is 11.2. The second kappa shape index (κ2) is 4.87. The molecule has 22 heavy (non-hydrogen) atoms. The molecule has 2 aromatic rings. The van der Waals surface area contributed by atoms with Gasteiger partial charge in [0.25, 0.3) is 17.2 Å². The van der Waals surface area contributed by atoms with Gasteiger partial charge in [0.1, 0.15) is 5.56 Å². The lowest BCUT2D eigenvalue weighted by molar-refractivity contribution is -0.356. The quantitative estimate of drug-likeness (QED) is 0.487. The number of Topliss-reactive ketones (excluding diaryl/α,β-unsaturated/α-hetero) is 1. The van der Waals surface area contributed by atoms with Crippen LogP contribution in [-0.2, 0) is 0 Å². The first-order valence-electron chi connectivity index (χ1n) is 6.16. The smallest absolute Gasteiger partial charge is 0.273 e. The van der Waals surface area contributed by atoms with E-state index in [1.165, 1.54) is 25.3 Å². The molecule has 0 aliphatic carbocycles. The fourth-order valence-electron chi connectivity index (χ4n) is 2.35. The lowest BCUT2D eigenvalue weighted by atomic mass is 10.0. The highest BCUT2D eigenvalue weighted by molar-refractivity contribution is 6.52. The second-order valence-corrected chi connectivity index (χ2v) is 4.58. The molecule has 0 fully saturated rings. The van der Waals surface area contributed by atoms with Crippen molar-refractivity contribution in [1.82, 2.24) is 0 Å². The van der Waals surface area contributed by atoms with Crippen LogP contribution in [0.15, 0.2) is 30.3 Å². The van der Waals surface area contributed by atoms with E-state index >= 15 is 0 Å². The molecule has 0 spiro atoms. The van der Waals surface area contributed by atoms with Crippen molar-refractivity contribution >= 4 is 17.2 Å². The maximum Gasteiger partial charge on any atom is 0.273 e. The Kier molecular flexibility index (Phi) is 3.13. The topological polar surface area (TPSA) is 52.4 Å². The molecule has 0 radical (unpaired) electrons. The Morgan fingerprint density at radius 3 is 2.36 bits per heavy atom. The van der Waals surface area contributed by atoms with Crippen LogP contribution in [0.1, 0.15) is 15.9 Å². The first-order chi connectivity index (χ1) is 10.5. The van der Waals surface area contributed by atoms with Crippen LogP contribution in [0.25, 0.3) is 0 Å². The predicted molar refractivity (Wildman–Crippen MR) is 71.0 cm³/mol. The molecular formula is C15H8F3NO3. The fourth-order valence-corrected chi connectivity index (χ4v) is 2.35. The van der Waals surface area contributed by atoms with E-state index in [2.05, 4.69) is 0 Å². The fraction of sp³-hybridized carbons (Fsp3) is 0.0667. The van der Waals surface area contributed by atoms with Crippen molar-refractivity contribution in [2.75, 3.05) is 7.11 Å². The van der Waals surface area contributed by atoms with Crippen LogP contribution in [0.2, 0.25) is 0 Å². The summed E-state index contributed by atoms with van der Waals surface area (Å²) in [6.45, 7) is 0. The molecule has 1 aliphatic rings. The maximum atomic E-state index is 13.3. The Labute approximate surface area is 122 Å². The largest absolute Gasteiger partial charge is 0.618 e. The molecule has 0 bridgehead atoms. The number of halogens is 3. The summed E-state index contributed by atoms with van der Waals surface area (Å²) < 4.78 is 44.9. The van der Waals surface area contributed by atoms with Crippen molar-refractivity contribution in [2.24, 2.45) is 0 Å². The van der Waals surface area contributed by atoms with Gasteiger partial charge in [0.15, 0.2) is 23.2 Å². The number of rotatable bonds is 2. The van der Waals surface area contributed by atoms with E-state index in [0.717, 1.165) is 0 Å². The number of para-hydroxylation sites is 1. The monoisotopic (exact) mass is 307 g/mol. The number of fused-ring (bicyclic) bond motifs is 1. The Morgan fingerprint density at radius 2 is 1.77 bits per heavy atom. The van der Waals surface area contributed by atoms with Crippen molar-refractivity contribution in [2.45, 2.75) is 0 Å². The van der Waals surface area contributed by atoms with Gasteiger partial charge in [-0.3, -0.25) is 4.79 Å². The van der Waals surface area contributed by atoms with E-state index in [9.17, 15) is 23.2 Å². The van der Waals surface area contributed by atoms with Crippen LogP contribution >= 0.6 is 0 Å². The molecular weight excluding hydrogens is 299 g/mol. The predicted octanol–water partition coefficient (Wildman–Crippen LogP) is 2.94. The van der Waals surface area contributed by atoms with Crippen molar-refractivity contribution in [3.63, 3.8) is 0 Å². The average Bonchev–Trinajstić information content (AvgIpc) is 2.76. The SMILES string of the molecule is COc1cccc2c1[N+]([O-])=C(c1cc(F)c(F)c(F)c1)C2=O. The molecule has 0 atom stereocenters. The Morgan fingerprint density at radius 1 is 1.14 bits per heavy atom. The number of nitrogens with zero attached hydrogens (tertiary/aromatic N) is 1. The van der Waals surface area contributed by atoms with Gasteiger partial charge in [-0.25, -0.2) is 13.2 Å². The molecule has 0 N–H and O–H groups in total. The van der Waals surface area contributed by atoms with Crippen LogP contribution < -0.4 is 4.74 Å². The number of ether oxygens (including phenoxy) is 1. The lowest BCUT2D eigenvalue weighted by Gasteiger charge is -2.06. The Hall–Kier alpha value is -2.83. The Bertz CT molecular complexity index is 823. The van der Waals surface area contributed by atoms with Gasteiger partial charge in [0.05, 0.1) is 12.7 Å². The van der Waals surface area contributed by atoms with Gasteiger partial charge in [0, 0.05) is 0 Å². The first kappa shape index (κ1) is 14.1. The Balaban J connectivity index is 2.25. The number of hydrogen-bond donors (Lipinski definition) is 0. The first-order valence-corrected chi connectivity index (χ1v) is 6.16. The van der Waals surface area contributed by atoms with Crippen LogP contribution in [0.3, 0.4) is 0 Å². The van der Waals surface area contributed by atoms with Gasteiger partial charge >= 0.3 is 0 Å². The minimum absolute atomic E-state index is 0.0462. The van der Waals surface area contributed by atoms with E-state index in [0.29, 0.717) is 12.1 Å². The molecule has 1 heterocycles. The van der Waals surface area contributed by atoms with E-state index < -0.39 is 28.9 Å². The number of hydrogen-bond acceptors (Lipinski definition) is 3. The zero-order valence-corrected chi connectivity index (χ0v) is 11.2. The van der Waals surface area contributed by atoms with Crippen LogP contribution in [0.4, 0.5) is 18.9 Å². The van der Waals surface area contributed by atoms with Crippen LogP contribution in [0, 0.1) is 22.7 Å². The lowest BCUT2D eigenvalue weighted by Crippen LogP contribution is -2.17. The summed E-state index contributed by atoms with van der Waals surface area (Å²) in [7, 11) is 1.32. The zero-order chi connectivity index (χ0) is 16.0. The average molecular weight is 307 g/mol. The van der Waals surface area contributed by atoms with E-state index in [4.69, 9.17) is 4.74 Å². The number of ketones is 1. The summed E-state index contributed by atoms with van der Waals surface area (Å²) in [4.78, 5) is 12.3. The van der Waals surface area contributed by atoms with E-state index in [1.54, 1.807) is 0 Å². The molecule has 112 valence electrons.